The van der Waals surface area contributed by atoms with Gasteiger partial charge in [-0.2, -0.15) is 14.6 Å². The van der Waals surface area contributed by atoms with E-state index in [0.29, 0.717) is 18.9 Å². The zero-order valence-corrected chi connectivity index (χ0v) is 11.2. The molecule has 0 radical (unpaired) electrons. The van der Waals surface area contributed by atoms with Gasteiger partial charge in [0.05, 0.1) is 6.54 Å². The van der Waals surface area contributed by atoms with Gasteiger partial charge in [-0.15, -0.1) is 0 Å². The molecule has 20 heavy (non-hydrogen) atoms. The van der Waals surface area contributed by atoms with Crippen molar-refractivity contribution in [3.63, 3.8) is 0 Å². The van der Waals surface area contributed by atoms with Gasteiger partial charge in [0.15, 0.2) is 0 Å². The third kappa shape index (κ3) is 2.69. The molecule has 2 aromatic heterocycles. The Bertz CT molecular complexity index is 695. The summed E-state index contributed by atoms with van der Waals surface area (Å²) in [7, 11) is 0. The molecule has 102 valence electrons. The first-order valence-electron chi connectivity index (χ1n) is 6.42. The van der Waals surface area contributed by atoms with Crippen LogP contribution in [0.2, 0.25) is 0 Å². The van der Waals surface area contributed by atoms with Gasteiger partial charge in [0, 0.05) is 11.8 Å². The van der Waals surface area contributed by atoms with Crippen molar-refractivity contribution in [2.75, 3.05) is 18.5 Å². The van der Waals surface area contributed by atoms with Crippen molar-refractivity contribution in [1.29, 1.82) is 0 Å². The molecule has 0 fully saturated rings. The number of nitrogens with zero attached hydrogens (tertiary/aromatic N) is 4. The van der Waals surface area contributed by atoms with Crippen LogP contribution in [0.15, 0.2) is 42.7 Å². The van der Waals surface area contributed by atoms with Gasteiger partial charge in [0.25, 0.3) is 5.78 Å². The first-order chi connectivity index (χ1) is 9.83. The van der Waals surface area contributed by atoms with Crippen LogP contribution < -0.4 is 10.1 Å². The van der Waals surface area contributed by atoms with Crippen molar-refractivity contribution < 1.29 is 4.74 Å². The van der Waals surface area contributed by atoms with Crippen LogP contribution in [-0.2, 0) is 0 Å². The molecule has 3 aromatic rings. The Labute approximate surface area is 116 Å². The van der Waals surface area contributed by atoms with Gasteiger partial charge >= 0.3 is 0 Å². The summed E-state index contributed by atoms with van der Waals surface area (Å²) in [5.41, 5.74) is 0.900. The highest BCUT2D eigenvalue weighted by Gasteiger charge is 2.04. The maximum atomic E-state index is 5.63. The Morgan fingerprint density at radius 1 is 1.25 bits per heavy atom. The largest absolute Gasteiger partial charge is 0.492 e. The monoisotopic (exact) mass is 269 g/mol. The van der Waals surface area contributed by atoms with Gasteiger partial charge in [-0.05, 0) is 19.1 Å². The molecule has 6 heteroatoms. The number of ether oxygens (including phenoxy) is 1. The summed E-state index contributed by atoms with van der Waals surface area (Å²) < 4.78 is 7.30. The van der Waals surface area contributed by atoms with Gasteiger partial charge < -0.3 is 10.1 Å². The molecule has 0 unspecified atom stereocenters. The third-order valence-corrected chi connectivity index (χ3v) is 2.80. The van der Waals surface area contributed by atoms with Gasteiger partial charge in [0.1, 0.15) is 24.5 Å². The van der Waals surface area contributed by atoms with Crippen molar-refractivity contribution in [2.24, 2.45) is 0 Å². The third-order valence-electron chi connectivity index (χ3n) is 2.80. The molecule has 0 saturated heterocycles. The van der Waals surface area contributed by atoms with Crippen LogP contribution in [0.1, 0.15) is 5.69 Å². The molecule has 0 bridgehead atoms. The summed E-state index contributed by atoms with van der Waals surface area (Å²) in [5, 5.41) is 7.42. The Hall–Kier alpha value is -2.63. The molecule has 0 aliphatic heterocycles. The number of aromatic nitrogens is 4. The fraction of sp³-hybridized carbons (Fsp3) is 0.214. The second kappa shape index (κ2) is 5.56. The maximum absolute atomic E-state index is 5.63. The van der Waals surface area contributed by atoms with Crippen molar-refractivity contribution >= 4 is 11.6 Å². The molecule has 1 N–H and O–H groups in total. The summed E-state index contributed by atoms with van der Waals surface area (Å²) in [4.78, 5) is 8.38. The molecule has 6 nitrogen and oxygen atoms in total. The fourth-order valence-electron chi connectivity index (χ4n) is 1.92. The lowest BCUT2D eigenvalue weighted by Gasteiger charge is -2.09. The van der Waals surface area contributed by atoms with E-state index in [1.165, 1.54) is 6.33 Å². The minimum Gasteiger partial charge on any atom is -0.492 e. The summed E-state index contributed by atoms with van der Waals surface area (Å²) in [5.74, 6) is 2.32. The highest BCUT2D eigenvalue weighted by Crippen LogP contribution is 2.10. The lowest BCUT2D eigenvalue weighted by Crippen LogP contribution is -2.14. The number of rotatable bonds is 5. The number of hydrogen-bond acceptors (Lipinski definition) is 5. The predicted molar refractivity (Wildman–Crippen MR) is 75.9 cm³/mol. The van der Waals surface area contributed by atoms with Crippen LogP contribution in [-0.4, -0.2) is 32.7 Å². The standard InChI is InChI=1S/C14H15N5O/c1-11-9-13(19-14(18-11)16-10-17-19)15-7-8-20-12-5-3-2-4-6-12/h2-6,9-10,15H,7-8H2,1H3. The summed E-state index contributed by atoms with van der Waals surface area (Å²) in [6.45, 7) is 3.18. The molecule has 2 heterocycles. The topological polar surface area (TPSA) is 64.3 Å². The molecule has 0 aliphatic rings. The molecule has 0 saturated carbocycles. The summed E-state index contributed by atoms with van der Waals surface area (Å²) in [6.07, 6.45) is 1.49. The maximum Gasteiger partial charge on any atom is 0.254 e. The van der Waals surface area contributed by atoms with Crippen LogP contribution in [0, 0.1) is 6.92 Å². The van der Waals surface area contributed by atoms with Crippen molar-refractivity contribution in [2.45, 2.75) is 6.92 Å². The van der Waals surface area contributed by atoms with Crippen LogP contribution in [0.3, 0.4) is 0 Å². The summed E-state index contributed by atoms with van der Waals surface area (Å²) in [6, 6.07) is 11.7. The lowest BCUT2D eigenvalue weighted by molar-refractivity contribution is 0.332. The number of fused-ring (bicyclic) bond motifs is 1. The van der Waals surface area contributed by atoms with E-state index in [1.807, 2.05) is 43.3 Å². The Morgan fingerprint density at radius 3 is 2.95 bits per heavy atom. The van der Waals surface area contributed by atoms with Crippen molar-refractivity contribution in [1.82, 2.24) is 19.6 Å². The van der Waals surface area contributed by atoms with Crippen LogP contribution in [0.25, 0.3) is 5.78 Å². The minimum absolute atomic E-state index is 0.571. The molecule has 0 spiro atoms. The van der Waals surface area contributed by atoms with Crippen molar-refractivity contribution in [3.8, 4) is 5.75 Å². The molecule has 0 amide bonds. The van der Waals surface area contributed by atoms with E-state index in [4.69, 9.17) is 4.74 Å². The van der Waals surface area contributed by atoms with E-state index in [9.17, 15) is 0 Å². The number of anilines is 1. The molecule has 0 aliphatic carbocycles. The highest BCUT2D eigenvalue weighted by molar-refractivity contribution is 5.44. The molecular formula is C14H15N5O. The zero-order valence-electron chi connectivity index (χ0n) is 11.2. The van der Waals surface area contributed by atoms with E-state index in [-0.39, 0.29) is 0 Å². The average Bonchev–Trinajstić information content (AvgIpc) is 2.92. The number of hydrogen-bond donors (Lipinski definition) is 1. The molecule has 3 rings (SSSR count). The molecule has 0 atom stereocenters. The van der Waals surface area contributed by atoms with E-state index >= 15 is 0 Å². The van der Waals surface area contributed by atoms with Gasteiger partial charge in [-0.1, -0.05) is 18.2 Å². The predicted octanol–water partition coefficient (Wildman–Crippen LogP) is 1.92. The minimum atomic E-state index is 0.571. The van der Waals surface area contributed by atoms with E-state index in [2.05, 4.69) is 20.4 Å². The van der Waals surface area contributed by atoms with E-state index < -0.39 is 0 Å². The second-order valence-corrected chi connectivity index (χ2v) is 4.34. The SMILES string of the molecule is Cc1cc(NCCOc2ccccc2)n2ncnc2n1. The van der Waals surface area contributed by atoms with E-state index in [1.54, 1.807) is 4.52 Å². The average molecular weight is 269 g/mol. The first kappa shape index (κ1) is 12.4. The normalized spacial score (nSPS) is 10.7. The Morgan fingerprint density at radius 2 is 2.10 bits per heavy atom. The molecule has 1 aromatic carbocycles. The quantitative estimate of drug-likeness (QED) is 0.717. The lowest BCUT2D eigenvalue weighted by atomic mass is 10.3. The van der Waals surface area contributed by atoms with Crippen LogP contribution in [0.4, 0.5) is 5.82 Å². The first-order valence-corrected chi connectivity index (χ1v) is 6.42. The Kier molecular flexibility index (Phi) is 3.45. The van der Waals surface area contributed by atoms with Crippen LogP contribution >= 0.6 is 0 Å². The van der Waals surface area contributed by atoms with Crippen molar-refractivity contribution in [3.05, 3.63) is 48.4 Å². The van der Waals surface area contributed by atoms with E-state index in [0.717, 1.165) is 17.3 Å². The highest BCUT2D eigenvalue weighted by atomic mass is 16.5. The van der Waals surface area contributed by atoms with Gasteiger partial charge in [0.2, 0.25) is 0 Å². The Balaban J connectivity index is 1.61. The number of nitrogens with one attached hydrogen (secondary N) is 1. The zero-order chi connectivity index (χ0) is 13.8. The number of aryl methyl sites for hydroxylation is 1. The second-order valence-electron chi connectivity index (χ2n) is 4.34. The van der Waals surface area contributed by atoms with Gasteiger partial charge in [-0.3, -0.25) is 0 Å². The van der Waals surface area contributed by atoms with Gasteiger partial charge in [-0.25, -0.2) is 4.98 Å². The smallest absolute Gasteiger partial charge is 0.254 e. The van der Waals surface area contributed by atoms with Crippen LogP contribution in [0.5, 0.6) is 5.75 Å². The number of para-hydroxylation sites is 1. The number of benzene rings is 1. The molecular weight excluding hydrogens is 254 g/mol. The summed E-state index contributed by atoms with van der Waals surface area (Å²) >= 11 is 0. The fourth-order valence-corrected chi connectivity index (χ4v) is 1.92.